The molecular weight excluding hydrogens is 192 g/mol. The van der Waals surface area contributed by atoms with Gasteiger partial charge in [0.2, 0.25) is 0 Å². The van der Waals surface area contributed by atoms with E-state index < -0.39 is 5.97 Å². The van der Waals surface area contributed by atoms with E-state index in [-0.39, 0.29) is 5.56 Å². The molecule has 1 aromatic rings. The van der Waals surface area contributed by atoms with E-state index in [1.807, 2.05) is 0 Å². The van der Waals surface area contributed by atoms with Crippen molar-refractivity contribution in [3.8, 4) is 0 Å². The number of hydrogen-bond donors (Lipinski definition) is 1. The van der Waals surface area contributed by atoms with Crippen LogP contribution in [0.5, 0.6) is 0 Å². The van der Waals surface area contributed by atoms with Crippen molar-refractivity contribution in [2.45, 2.75) is 25.8 Å². The molecule has 80 valence electrons. The lowest BCUT2D eigenvalue weighted by atomic mass is 10.2. The van der Waals surface area contributed by atoms with Crippen molar-refractivity contribution in [2.75, 3.05) is 11.4 Å². The molecule has 1 atom stereocenters. The van der Waals surface area contributed by atoms with Gasteiger partial charge in [-0.05, 0) is 25.8 Å². The normalized spacial score (nSPS) is 20.6. The van der Waals surface area contributed by atoms with Gasteiger partial charge in [-0.15, -0.1) is 0 Å². The van der Waals surface area contributed by atoms with Gasteiger partial charge in [-0.2, -0.15) is 0 Å². The number of hydrogen-bond acceptors (Lipinski definition) is 3. The van der Waals surface area contributed by atoms with Crippen molar-refractivity contribution >= 4 is 11.7 Å². The number of aromatic carboxylic acids is 1. The van der Waals surface area contributed by atoms with Gasteiger partial charge in [0.1, 0.15) is 0 Å². The Balaban J connectivity index is 2.28. The zero-order valence-corrected chi connectivity index (χ0v) is 8.68. The molecule has 0 aromatic carbocycles. The molecule has 1 aromatic heterocycles. The summed E-state index contributed by atoms with van der Waals surface area (Å²) < 4.78 is 0. The Bertz CT molecular complexity index is 379. The Kier molecular flexibility index (Phi) is 2.58. The lowest BCUT2D eigenvalue weighted by Gasteiger charge is -2.23. The first-order valence-electron chi connectivity index (χ1n) is 5.13. The number of rotatable bonds is 2. The smallest absolute Gasteiger partial charge is 0.337 e. The second-order valence-electron chi connectivity index (χ2n) is 3.92. The maximum absolute atomic E-state index is 10.8. The quantitative estimate of drug-likeness (QED) is 0.801. The molecule has 0 bridgehead atoms. The molecule has 0 saturated carbocycles. The summed E-state index contributed by atoms with van der Waals surface area (Å²) in [5.41, 5.74) is 1.17. The molecule has 1 saturated heterocycles. The van der Waals surface area contributed by atoms with Crippen molar-refractivity contribution in [1.29, 1.82) is 0 Å². The number of pyridine rings is 1. The lowest BCUT2D eigenvalue weighted by molar-refractivity contribution is 0.0696. The van der Waals surface area contributed by atoms with Crippen LogP contribution in [-0.2, 0) is 0 Å². The van der Waals surface area contributed by atoms with E-state index in [1.165, 1.54) is 12.6 Å². The number of nitrogens with zero attached hydrogens (tertiary/aromatic N) is 2. The molecule has 1 fully saturated rings. The van der Waals surface area contributed by atoms with Crippen molar-refractivity contribution in [3.05, 3.63) is 24.0 Å². The second-order valence-corrected chi connectivity index (χ2v) is 3.92. The van der Waals surface area contributed by atoms with Crippen molar-refractivity contribution < 1.29 is 9.90 Å². The first kappa shape index (κ1) is 9.96. The van der Waals surface area contributed by atoms with Crippen LogP contribution in [-0.4, -0.2) is 28.6 Å². The predicted octanol–water partition coefficient (Wildman–Crippen LogP) is 1.77. The summed E-state index contributed by atoms with van der Waals surface area (Å²) in [5, 5.41) is 8.86. The van der Waals surface area contributed by atoms with Crippen LogP contribution < -0.4 is 4.90 Å². The van der Waals surface area contributed by atoms with E-state index >= 15 is 0 Å². The number of carboxylic acids is 1. The molecule has 1 aliphatic rings. The monoisotopic (exact) mass is 206 g/mol. The minimum Gasteiger partial charge on any atom is -0.478 e. The minimum atomic E-state index is -0.920. The summed E-state index contributed by atoms with van der Waals surface area (Å²) in [6.07, 6.45) is 5.44. The first-order chi connectivity index (χ1) is 7.18. The third-order valence-electron chi connectivity index (χ3n) is 2.86. The molecule has 4 heteroatoms. The topological polar surface area (TPSA) is 53.4 Å². The van der Waals surface area contributed by atoms with E-state index in [2.05, 4.69) is 16.8 Å². The number of carbonyl (C=O) groups is 1. The number of carboxylic acid groups (broad SMARTS) is 1. The SMILES string of the molecule is C[C@@H]1CCCN1c1cncc(C(=O)O)c1. The average Bonchev–Trinajstić information content (AvgIpc) is 2.64. The van der Waals surface area contributed by atoms with E-state index in [9.17, 15) is 4.79 Å². The van der Waals surface area contributed by atoms with Crippen LogP contribution in [0.15, 0.2) is 18.5 Å². The highest BCUT2D eigenvalue weighted by Gasteiger charge is 2.21. The zero-order valence-electron chi connectivity index (χ0n) is 8.68. The minimum absolute atomic E-state index is 0.256. The Morgan fingerprint density at radius 2 is 2.40 bits per heavy atom. The van der Waals surface area contributed by atoms with Crippen LogP contribution in [0.4, 0.5) is 5.69 Å². The van der Waals surface area contributed by atoms with Gasteiger partial charge in [0, 0.05) is 18.8 Å². The van der Waals surface area contributed by atoms with Crippen LogP contribution in [0, 0.1) is 0 Å². The van der Waals surface area contributed by atoms with Gasteiger partial charge in [-0.1, -0.05) is 0 Å². The van der Waals surface area contributed by atoms with Crippen molar-refractivity contribution in [3.63, 3.8) is 0 Å². The predicted molar refractivity (Wildman–Crippen MR) is 57.2 cm³/mol. The second kappa shape index (κ2) is 3.88. The summed E-state index contributed by atoms with van der Waals surface area (Å²) >= 11 is 0. The van der Waals surface area contributed by atoms with Gasteiger partial charge in [0.15, 0.2) is 0 Å². The highest BCUT2D eigenvalue weighted by molar-refractivity contribution is 5.88. The largest absolute Gasteiger partial charge is 0.478 e. The van der Waals surface area contributed by atoms with E-state index in [4.69, 9.17) is 5.11 Å². The molecule has 4 nitrogen and oxygen atoms in total. The molecular formula is C11H14N2O2. The summed E-state index contributed by atoms with van der Waals surface area (Å²) in [5.74, 6) is -0.920. The maximum Gasteiger partial charge on any atom is 0.337 e. The molecule has 0 spiro atoms. The molecule has 2 rings (SSSR count). The van der Waals surface area contributed by atoms with E-state index in [0.717, 1.165) is 18.7 Å². The Morgan fingerprint density at radius 3 is 3.00 bits per heavy atom. The summed E-state index contributed by atoms with van der Waals surface area (Å²) in [4.78, 5) is 17.0. The Hall–Kier alpha value is -1.58. The van der Waals surface area contributed by atoms with Crippen LogP contribution in [0.2, 0.25) is 0 Å². The Morgan fingerprint density at radius 1 is 1.60 bits per heavy atom. The van der Waals surface area contributed by atoms with Crippen LogP contribution in [0.1, 0.15) is 30.1 Å². The maximum atomic E-state index is 10.8. The average molecular weight is 206 g/mol. The van der Waals surface area contributed by atoms with Crippen LogP contribution >= 0.6 is 0 Å². The molecule has 2 heterocycles. The number of aromatic nitrogens is 1. The molecule has 0 amide bonds. The standard InChI is InChI=1S/C11H14N2O2/c1-8-3-2-4-13(8)10-5-9(11(14)15)6-12-7-10/h5-8H,2-4H2,1H3,(H,14,15)/t8-/m1/s1. The van der Waals surface area contributed by atoms with Crippen LogP contribution in [0.25, 0.3) is 0 Å². The summed E-state index contributed by atoms with van der Waals surface area (Å²) in [7, 11) is 0. The van der Waals surface area contributed by atoms with E-state index in [1.54, 1.807) is 12.3 Å². The highest BCUT2D eigenvalue weighted by atomic mass is 16.4. The van der Waals surface area contributed by atoms with Gasteiger partial charge < -0.3 is 10.0 Å². The van der Waals surface area contributed by atoms with Crippen molar-refractivity contribution in [1.82, 2.24) is 4.98 Å². The molecule has 0 radical (unpaired) electrons. The fourth-order valence-electron chi connectivity index (χ4n) is 2.02. The lowest BCUT2D eigenvalue weighted by Crippen LogP contribution is -2.26. The van der Waals surface area contributed by atoms with Crippen LogP contribution in [0.3, 0.4) is 0 Å². The fraction of sp³-hybridized carbons (Fsp3) is 0.455. The molecule has 15 heavy (non-hydrogen) atoms. The fourth-order valence-corrected chi connectivity index (χ4v) is 2.02. The third kappa shape index (κ3) is 1.93. The third-order valence-corrected chi connectivity index (χ3v) is 2.86. The van der Waals surface area contributed by atoms with Gasteiger partial charge in [0.25, 0.3) is 0 Å². The van der Waals surface area contributed by atoms with Gasteiger partial charge >= 0.3 is 5.97 Å². The van der Waals surface area contributed by atoms with Gasteiger partial charge in [-0.25, -0.2) is 4.79 Å². The van der Waals surface area contributed by atoms with Crippen molar-refractivity contribution in [2.24, 2.45) is 0 Å². The summed E-state index contributed by atoms with van der Waals surface area (Å²) in [6.45, 7) is 3.15. The van der Waals surface area contributed by atoms with Gasteiger partial charge in [0.05, 0.1) is 17.4 Å². The molecule has 0 unspecified atom stereocenters. The highest BCUT2D eigenvalue weighted by Crippen LogP contribution is 2.24. The zero-order chi connectivity index (χ0) is 10.8. The van der Waals surface area contributed by atoms with Gasteiger partial charge in [-0.3, -0.25) is 4.98 Å². The van der Waals surface area contributed by atoms with E-state index in [0.29, 0.717) is 6.04 Å². The first-order valence-corrected chi connectivity index (χ1v) is 5.13. The summed E-state index contributed by atoms with van der Waals surface area (Å²) in [6, 6.07) is 2.17. The number of anilines is 1. The molecule has 0 aliphatic carbocycles. The molecule has 1 N–H and O–H groups in total. The Labute approximate surface area is 88.6 Å². The molecule has 1 aliphatic heterocycles.